The molecule has 0 saturated carbocycles. The van der Waals surface area contributed by atoms with Crippen molar-refractivity contribution >= 4 is 88.4 Å². The van der Waals surface area contributed by atoms with Gasteiger partial charge in [0.15, 0.2) is 5.75 Å². The largest absolute Gasteiger partial charge is 0.495 e. The van der Waals surface area contributed by atoms with Crippen LogP contribution < -0.4 is 14.9 Å². The van der Waals surface area contributed by atoms with E-state index in [9.17, 15) is 9.59 Å². The molecular formula is C30H19Br3ClN3O4. The standard InChI is InChI=1S/C30H19Br3ClN3O4/c1-40-23-12-11-20(32)25-24(16-7-3-2-4-8-16)27(36-26(23)25)29(38)37-35-15-17-13-18(31)14-21(33)28(17)41-30(39)19-9-5-6-10-22(19)34/h2-15,36H,1H3,(H,37,38). The van der Waals surface area contributed by atoms with Crippen molar-refractivity contribution in [1.82, 2.24) is 10.4 Å². The van der Waals surface area contributed by atoms with Crippen LogP contribution in [0.25, 0.3) is 22.0 Å². The number of aromatic nitrogens is 1. The summed E-state index contributed by atoms with van der Waals surface area (Å²) in [7, 11) is 1.57. The number of halogens is 4. The number of nitrogens with zero attached hydrogens (tertiary/aromatic N) is 1. The number of benzene rings is 4. The average Bonchev–Trinajstić information content (AvgIpc) is 3.37. The summed E-state index contributed by atoms with van der Waals surface area (Å²) in [5, 5.41) is 5.25. The predicted octanol–water partition coefficient (Wildman–Crippen LogP) is 8.77. The van der Waals surface area contributed by atoms with E-state index in [-0.39, 0.29) is 16.3 Å². The van der Waals surface area contributed by atoms with Gasteiger partial charge in [0.2, 0.25) is 0 Å². The van der Waals surface area contributed by atoms with E-state index < -0.39 is 11.9 Å². The minimum absolute atomic E-state index is 0.209. The van der Waals surface area contributed by atoms with Gasteiger partial charge in [-0.15, -0.1) is 0 Å². The van der Waals surface area contributed by atoms with Gasteiger partial charge in [-0.05, 0) is 57.9 Å². The van der Waals surface area contributed by atoms with E-state index in [0.717, 1.165) is 15.4 Å². The van der Waals surface area contributed by atoms with Gasteiger partial charge in [-0.1, -0.05) is 85.9 Å². The van der Waals surface area contributed by atoms with Crippen molar-refractivity contribution in [2.24, 2.45) is 5.10 Å². The lowest BCUT2D eigenvalue weighted by Gasteiger charge is -2.11. The molecule has 206 valence electrons. The summed E-state index contributed by atoms with van der Waals surface area (Å²) in [5.74, 6) is -0.316. The van der Waals surface area contributed by atoms with Crippen LogP contribution in [0.1, 0.15) is 26.4 Å². The van der Waals surface area contributed by atoms with Gasteiger partial charge in [0, 0.05) is 25.5 Å². The summed E-state index contributed by atoms with van der Waals surface area (Å²) >= 11 is 16.7. The molecule has 5 aromatic rings. The molecule has 0 radical (unpaired) electrons. The molecule has 7 nitrogen and oxygen atoms in total. The highest BCUT2D eigenvalue weighted by Gasteiger charge is 2.23. The first-order valence-electron chi connectivity index (χ1n) is 12.0. The number of fused-ring (bicyclic) bond motifs is 1. The summed E-state index contributed by atoms with van der Waals surface area (Å²) in [6, 6.07) is 23.3. The lowest BCUT2D eigenvalue weighted by atomic mass is 10.0. The fraction of sp³-hybridized carbons (Fsp3) is 0.0333. The second-order valence-corrected chi connectivity index (χ2v) is 11.6. The number of ether oxygens (including phenoxy) is 2. The van der Waals surface area contributed by atoms with E-state index in [2.05, 4.69) is 63.3 Å². The summed E-state index contributed by atoms with van der Waals surface area (Å²) in [6.45, 7) is 0. The maximum Gasteiger partial charge on any atom is 0.345 e. The van der Waals surface area contributed by atoms with Gasteiger partial charge in [0.05, 0.1) is 33.9 Å². The van der Waals surface area contributed by atoms with Gasteiger partial charge >= 0.3 is 5.97 Å². The average molecular weight is 761 g/mol. The second-order valence-electron chi connectivity index (χ2n) is 8.62. The highest BCUT2D eigenvalue weighted by molar-refractivity contribution is 9.11. The molecule has 1 heterocycles. The minimum Gasteiger partial charge on any atom is -0.495 e. The Morgan fingerprint density at radius 2 is 1.68 bits per heavy atom. The van der Waals surface area contributed by atoms with E-state index in [1.54, 1.807) is 43.5 Å². The minimum atomic E-state index is -0.637. The fourth-order valence-corrected chi connectivity index (χ4v) is 6.33. The number of carbonyl (C=O) groups is 2. The van der Waals surface area contributed by atoms with Crippen molar-refractivity contribution in [1.29, 1.82) is 0 Å². The van der Waals surface area contributed by atoms with Gasteiger partial charge in [-0.25, -0.2) is 10.2 Å². The molecule has 0 aliphatic carbocycles. The first kappa shape index (κ1) is 29.1. The zero-order valence-corrected chi connectivity index (χ0v) is 26.7. The molecule has 5 rings (SSSR count). The van der Waals surface area contributed by atoms with E-state index in [1.165, 1.54) is 6.21 Å². The third-order valence-electron chi connectivity index (χ3n) is 6.07. The van der Waals surface area contributed by atoms with Crippen LogP contribution in [0, 0.1) is 0 Å². The van der Waals surface area contributed by atoms with Gasteiger partial charge in [-0.2, -0.15) is 5.10 Å². The third-order valence-corrected chi connectivity index (χ3v) is 8.11. The Kier molecular flexibility index (Phi) is 8.94. The van der Waals surface area contributed by atoms with Crippen molar-refractivity contribution < 1.29 is 19.1 Å². The zero-order valence-electron chi connectivity index (χ0n) is 21.2. The maximum atomic E-state index is 13.5. The maximum absolute atomic E-state index is 13.5. The number of methoxy groups -OCH3 is 1. The number of H-pyrrole nitrogens is 1. The number of rotatable bonds is 7. The molecule has 2 N–H and O–H groups in total. The first-order valence-corrected chi connectivity index (χ1v) is 14.8. The van der Waals surface area contributed by atoms with E-state index in [1.807, 2.05) is 42.5 Å². The molecule has 0 bridgehead atoms. The highest BCUT2D eigenvalue weighted by Crippen LogP contribution is 2.41. The van der Waals surface area contributed by atoms with Crippen LogP contribution in [-0.4, -0.2) is 30.2 Å². The molecule has 1 amide bonds. The SMILES string of the molecule is COc1ccc(Br)c2c(-c3ccccc3)c(C(=O)NN=Cc3cc(Br)cc(Br)c3OC(=O)c3ccccc3Cl)[nH]c12. The molecule has 0 atom stereocenters. The third kappa shape index (κ3) is 6.11. The first-order chi connectivity index (χ1) is 19.8. The Morgan fingerprint density at radius 1 is 0.951 bits per heavy atom. The Labute approximate surface area is 265 Å². The number of amides is 1. The van der Waals surface area contributed by atoms with Crippen LogP contribution in [0.15, 0.2) is 97.4 Å². The van der Waals surface area contributed by atoms with Crippen LogP contribution in [0.5, 0.6) is 11.5 Å². The Bertz CT molecular complexity index is 1820. The van der Waals surface area contributed by atoms with Gasteiger partial charge in [0.25, 0.3) is 5.91 Å². The molecular weight excluding hydrogens is 742 g/mol. The molecule has 0 unspecified atom stereocenters. The normalized spacial score (nSPS) is 11.1. The molecule has 1 aromatic heterocycles. The highest BCUT2D eigenvalue weighted by atomic mass is 79.9. The molecule has 11 heteroatoms. The lowest BCUT2D eigenvalue weighted by molar-refractivity contribution is 0.0733. The molecule has 4 aromatic carbocycles. The molecule has 0 aliphatic rings. The Morgan fingerprint density at radius 3 is 2.41 bits per heavy atom. The zero-order chi connectivity index (χ0) is 29.1. The number of nitrogens with one attached hydrogen (secondary N) is 2. The smallest absolute Gasteiger partial charge is 0.345 e. The summed E-state index contributed by atoms with van der Waals surface area (Å²) in [4.78, 5) is 29.6. The Hall–Kier alpha value is -3.44. The van der Waals surface area contributed by atoms with Gasteiger partial charge in [-0.3, -0.25) is 4.79 Å². The van der Waals surface area contributed by atoms with Gasteiger partial charge in [0.1, 0.15) is 11.4 Å². The monoisotopic (exact) mass is 757 g/mol. The van der Waals surface area contributed by atoms with Crippen LogP contribution in [-0.2, 0) is 0 Å². The number of esters is 1. The number of carbonyl (C=O) groups excluding carboxylic acids is 2. The summed E-state index contributed by atoms with van der Waals surface area (Å²) in [6.07, 6.45) is 1.39. The van der Waals surface area contributed by atoms with Crippen LogP contribution in [0.4, 0.5) is 0 Å². The molecule has 0 spiro atoms. The molecule has 41 heavy (non-hydrogen) atoms. The summed E-state index contributed by atoms with van der Waals surface area (Å²) < 4.78 is 13.2. The number of hydrogen-bond donors (Lipinski definition) is 2. The fourth-order valence-electron chi connectivity index (χ4n) is 4.25. The van der Waals surface area contributed by atoms with Crippen LogP contribution in [0.3, 0.4) is 0 Å². The molecule has 0 aliphatic heterocycles. The van der Waals surface area contributed by atoms with Crippen LogP contribution in [0.2, 0.25) is 5.02 Å². The number of hydrogen-bond acceptors (Lipinski definition) is 5. The predicted molar refractivity (Wildman–Crippen MR) is 171 cm³/mol. The van der Waals surface area contributed by atoms with Gasteiger partial charge < -0.3 is 14.5 Å². The number of aromatic amines is 1. The second kappa shape index (κ2) is 12.6. The van der Waals surface area contributed by atoms with Crippen molar-refractivity contribution in [2.45, 2.75) is 0 Å². The van der Waals surface area contributed by atoms with E-state index in [0.29, 0.717) is 37.0 Å². The summed E-state index contributed by atoms with van der Waals surface area (Å²) in [5.41, 5.74) is 5.73. The topological polar surface area (TPSA) is 92.8 Å². The van der Waals surface area contributed by atoms with E-state index >= 15 is 0 Å². The quantitative estimate of drug-likeness (QED) is 0.0752. The van der Waals surface area contributed by atoms with E-state index in [4.69, 9.17) is 21.1 Å². The Balaban J connectivity index is 1.48. The van der Waals surface area contributed by atoms with Crippen molar-refractivity contribution in [3.05, 3.63) is 114 Å². The molecule has 0 fully saturated rings. The van der Waals surface area contributed by atoms with Crippen LogP contribution >= 0.6 is 59.4 Å². The van der Waals surface area contributed by atoms with Crippen molar-refractivity contribution in [2.75, 3.05) is 7.11 Å². The number of hydrazone groups is 1. The molecule has 0 saturated heterocycles. The van der Waals surface area contributed by atoms with Crippen molar-refractivity contribution in [3.8, 4) is 22.6 Å². The van der Waals surface area contributed by atoms with Crippen molar-refractivity contribution in [3.63, 3.8) is 0 Å². The lowest BCUT2D eigenvalue weighted by Crippen LogP contribution is -2.19.